The first-order chi connectivity index (χ1) is 11.9. The molecule has 2 aromatic rings. The summed E-state index contributed by atoms with van der Waals surface area (Å²) < 4.78 is 0. The predicted molar refractivity (Wildman–Crippen MR) is 99.4 cm³/mol. The number of halogens is 1. The number of benzene rings is 2. The number of ketones is 1. The van der Waals surface area contributed by atoms with Crippen molar-refractivity contribution in [2.75, 3.05) is 10.6 Å². The van der Waals surface area contributed by atoms with Gasteiger partial charge in [0.2, 0.25) is 11.8 Å². The van der Waals surface area contributed by atoms with Gasteiger partial charge in [-0.1, -0.05) is 11.6 Å². The maximum atomic E-state index is 12.2. The molecule has 2 N–H and O–H groups in total. The second-order valence-corrected chi connectivity index (χ2v) is 7.30. The molecule has 1 aliphatic rings. The summed E-state index contributed by atoms with van der Waals surface area (Å²) >= 11 is 7.26. The van der Waals surface area contributed by atoms with Gasteiger partial charge in [-0.2, -0.15) is 0 Å². The number of carbonyl (C=O) groups excluding carboxylic acids is 3. The zero-order valence-electron chi connectivity index (χ0n) is 13.3. The molecular formula is C18H15ClN2O3S. The maximum Gasteiger partial charge on any atom is 0.238 e. The quantitative estimate of drug-likeness (QED) is 0.793. The first-order valence-corrected chi connectivity index (χ1v) is 8.86. The summed E-state index contributed by atoms with van der Waals surface area (Å²) in [6.45, 7) is 1.48. The van der Waals surface area contributed by atoms with Crippen LogP contribution in [0.3, 0.4) is 0 Å². The van der Waals surface area contributed by atoms with Crippen LogP contribution in [-0.2, 0) is 9.59 Å². The summed E-state index contributed by atoms with van der Waals surface area (Å²) in [7, 11) is 0. The highest BCUT2D eigenvalue weighted by atomic mass is 35.5. The van der Waals surface area contributed by atoms with E-state index in [0.29, 0.717) is 22.0 Å². The molecule has 7 heteroatoms. The molecule has 5 nitrogen and oxygen atoms in total. The number of carbonyl (C=O) groups is 3. The second-order valence-electron chi connectivity index (χ2n) is 5.62. The fourth-order valence-corrected chi connectivity index (χ4v) is 3.69. The van der Waals surface area contributed by atoms with Gasteiger partial charge >= 0.3 is 0 Å². The number of anilines is 2. The Bertz CT molecular complexity index is 852. The fraction of sp³-hybridized carbons (Fsp3) is 0.167. The van der Waals surface area contributed by atoms with Gasteiger partial charge in [0.05, 0.1) is 10.9 Å². The molecule has 25 heavy (non-hydrogen) atoms. The Kier molecular flexibility index (Phi) is 5.11. The van der Waals surface area contributed by atoms with Gasteiger partial charge in [-0.3, -0.25) is 14.4 Å². The van der Waals surface area contributed by atoms with Gasteiger partial charge in [0.1, 0.15) is 0 Å². The summed E-state index contributed by atoms with van der Waals surface area (Å²) in [5.74, 6) is -0.519. The summed E-state index contributed by atoms with van der Waals surface area (Å²) in [6.07, 6.45) is 0.0486. The molecule has 128 valence electrons. The van der Waals surface area contributed by atoms with Crippen LogP contribution in [0.15, 0.2) is 47.4 Å². The third kappa shape index (κ3) is 4.21. The molecule has 0 radical (unpaired) electrons. The zero-order chi connectivity index (χ0) is 18.0. The Balaban J connectivity index is 1.64. The molecule has 0 spiro atoms. The van der Waals surface area contributed by atoms with E-state index in [1.807, 2.05) is 6.07 Å². The molecule has 0 fully saturated rings. The molecule has 0 bridgehead atoms. The summed E-state index contributed by atoms with van der Waals surface area (Å²) in [5.41, 5.74) is 1.83. The molecule has 0 saturated carbocycles. The average Bonchev–Trinajstić information content (AvgIpc) is 2.56. The van der Waals surface area contributed by atoms with Crippen molar-refractivity contribution < 1.29 is 14.4 Å². The summed E-state index contributed by atoms with van der Waals surface area (Å²) in [4.78, 5) is 36.5. The van der Waals surface area contributed by atoms with Crippen molar-refractivity contribution in [2.45, 2.75) is 23.5 Å². The van der Waals surface area contributed by atoms with E-state index >= 15 is 0 Å². The first-order valence-electron chi connectivity index (χ1n) is 7.60. The van der Waals surface area contributed by atoms with Gasteiger partial charge in [0, 0.05) is 27.6 Å². The Morgan fingerprint density at radius 2 is 1.92 bits per heavy atom. The molecule has 2 amide bonds. The largest absolute Gasteiger partial charge is 0.326 e. The summed E-state index contributed by atoms with van der Waals surface area (Å²) in [6, 6.07) is 11.9. The van der Waals surface area contributed by atoms with Crippen molar-refractivity contribution in [3.63, 3.8) is 0 Å². The van der Waals surface area contributed by atoms with Crippen molar-refractivity contribution in [1.29, 1.82) is 0 Å². The second kappa shape index (κ2) is 7.29. The van der Waals surface area contributed by atoms with Crippen molar-refractivity contribution in [3.8, 4) is 0 Å². The van der Waals surface area contributed by atoms with Crippen LogP contribution in [0.25, 0.3) is 0 Å². The lowest BCUT2D eigenvalue weighted by molar-refractivity contribution is -0.120. The van der Waals surface area contributed by atoms with Gasteiger partial charge in [-0.25, -0.2) is 0 Å². The van der Waals surface area contributed by atoms with Crippen LogP contribution in [0.5, 0.6) is 0 Å². The van der Waals surface area contributed by atoms with Gasteiger partial charge in [0.15, 0.2) is 5.78 Å². The van der Waals surface area contributed by atoms with E-state index in [-0.39, 0.29) is 24.0 Å². The first kappa shape index (κ1) is 17.5. The lowest BCUT2D eigenvalue weighted by atomic mass is 10.1. The third-order valence-electron chi connectivity index (χ3n) is 3.71. The summed E-state index contributed by atoms with van der Waals surface area (Å²) in [5, 5.41) is 5.56. The van der Waals surface area contributed by atoms with E-state index in [0.717, 1.165) is 4.90 Å². The number of Topliss-reactive ketones (excluding diaryl/α,β-unsaturated/α-hetero) is 1. The van der Waals surface area contributed by atoms with Crippen molar-refractivity contribution >= 4 is 52.3 Å². The predicted octanol–water partition coefficient (Wildman–Crippen LogP) is 3.98. The van der Waals surface area contributed by atoms with Gasteiger partial charge < -0.3 is 10.6 Å². The molecule has 0 aliphatic carbocycles. The van der Waals surface area contributed by atoms with E-state index < -0.39 is 5.25 Å². The SMILES string of the molecule is CC(=O)c1ccc(NC(=O)CC2Sc3ccc(Cl)cc3NC2=O)cc1. The van der Waals surface area contributed by atoms with Gasteiger partial charge in [0.25, 0.3) is 0 Å². The highest BCUT2D eigenvalue weighted by Gasteiger charge is 2.29. The van der Waals surface area contributed by atoms with E-state index in [9.17, 15) is 14.4 Å². The smallest absolute Gasteiger partial charge is 0.238 e. The minimum atomic E-state index is -0.509. The topological polar surface area (TPSA) is 75.3 Å². The molecule has 3 rings (SSSR count). The van der Waals surface area contributed by atoms with E-state index in [4.69, 9.17) is 11.6 Å². The number of hydrogen-bond donors (Lipinski definition) is 2. The van der Waals surface area contributed by atoms with E-state index in [2.05, 4.69) is 10.6 Å². The van der Waals surface area contributed by atoms with Crippen molar-refractivity contribution in [1.82, 2.24) is 0 Å². The Morgan fingerprint density at radius 3 is 2.60 bits per heavy atom. The standard InChI is InChI=1S/C18H15ClN2O3S/c1-10(22)11-2-5-13(6-3-11)20-17(23)9-16-18(24)21-14-8-12(19)4-7-15(14)25-16/h2-8,16H,9H2,1H3,(H,20,23)(H,21,24). The molecule has 2 aromatic carbocycles. The molecule has 1 atom stereocenters. The van der Waals surface area contributed by atoms with Crippen LogP contribution >= 0.6 is 23.4 Å². The number of fused-ring (bicyclic) bond motifs is 1. The maximum absolute atomic E-state index is 12.2. The van der Waals surface area contributed by atoms with Gasteiger partial charge in [-0.15, -0.1) is 11.8 Å². The van der Waals surface area contributed by atoms with E-state index in [1.54, 1.807) is 36.4 Å². The highest BCUT2D eigenvalue weighted by molar-refractivity contribution is 8.01. The molecular weight excluding hydrogens is 360 g/mol. The Morgan fingerprint density at radius 1 is 1.20 bits per heavy atom. The minimum Gasteiger partial charge on any atom is -0.326 e. The number of thioether (sulfide) groups is 1. The average molecular weight is 375 g/mol. The Labute approximate surface area is 154 Å². The van der Waals surface area contributed by atoms with Gasteiger partial charge in [-0.05, 0) is 49.4 Å². The zero-order valence-corrected chi connectivity index (χ0v) is 14.9. The normalized spacial score (nSPS) is 15.9. The number of amides is 2. The molecule has 0 aromatic heterocycles. The third-order valence-corrected chi connectivity index (χ3v) is 5.22. The van der Waals surface area contributed by atoms with Crippen molar-refractivity contribution in [2.24, 2.45) is 0 Å². The Hall–Kier alpha value is -2.31. The van der Waals surface area contributed by atoms with Crippen LogP contribution in [0.4, 0.5) is 11.4 Å². The van der Waals surface area contributed by atoms with E-state index in [1.165, 1.54) is 18.7 Å². The number of nitrogens with one attached hydrogen (secondary N) is 2. The van der Waals surface area contributed by atoms with Crippen LogP contribution in [-0.4, -0.2) is 22.8 Å². The number of rotatable bonds is 4. The van der Waals surface area contributed by atoms with Crippen LogP contribution < -0.4 is 10.6 Å². The monoisotopic (exact) mass is 374 g/mol. The molecule has 0 saturated heterocycles. The van der Waals surface area contributed by atoms with Crippen molar-refractivity contribution in [3.05, 3.63) is 53.1 Å². The number of hydrogen-bond acceptors (Lipinski definition) is 4. The lowest BCUT2D eigenvalue weighted by Gasteiger charge is -2.23. The van der Waals surface area contributed by atoms with Crippen LogP contribution in [0.2, 0.25) is 5.02 Å². The minimum absolute atomic E-state index is 0.0353. The molecule has 1 aliphatic heterocycles. The molecule has 1 unspecified atom stereocenters. The fourth-order valence-electron chi connectivity index (χ4n) is 2.43. The van der Waals surface area contributed by atoms with Crippen LogP contribution in [0, 0.1) is 0 Å². The lowest BCUT2D eigenvalue weighted by Crippen LogP contribution is -2.32. The molecule has 1 heterocycles. The van der Waals surface area contributed by atoms with Crippen LogP contribution in [0.1, 0.15) is 23.7 Å². The highest BCUT2D eigenvalue weighted by Crippen LogP contribution is 2.38.